The minimum atomic E-state index is -0.262. The fraction of sp³-hybridized carbons (Fsp3) is 0.235. The van der Waals surface area contributed by atoms with Gasteiger partial charge < -0.3 is 5.32 Å². The van der Waals surface area contributed by atoms with Crippen molar-refractivity contribution >= 4 is 5.82 Å². The van der Waals surface area contributed by atoms with Crippen LogP contribution in [0, 0.1) is 12.7 Å². The van der Waals surface area contributed by atoms with Gasteiger partial charge in [0, 0.05) is 23.7 Å². The molecular weight excluding hydrogens is 293 g/mol. The van der Waals surface area contributed by atoms with Crippen molar-refractivity contribution in [2.75, 3.05) is 5.32 Å². The van der Waals surface area contributed by atoms with Gasteiger partial charge in [0.1, 0.15) is 11.6 Å². The largest absolute Gasteiger partial charge is 0.366 e. The molecule has 0 aliphatic rings. The second kappa shape index (κ2) is 6.56. The maximum absolute atomic E-state index is 12.9. The highest BCUT2D eigenvalue weighted by Gasteiger charge is 2.08. The molecule has 0 aliphatic carbocycles. The zero-order valence-corrected chi connectivity index (χ0v) is 13.0. The van der Waals surface area contributed by atoms with Crippen molar-refractivity contribution in [3.05, 3.63) is 59.7 Å². The van der Waals surface area contributed by atoms with Crippen molar-refractivity contribution < 1.29 is 4.39 Å². The topological polar surface area (TPSA) is 66.5 Å². The number of nitrogens with one attached hydrogen (secondary N) is 2. The Hall–Kier alpha value is -2.76. The van der Waals surface area contributed by atoms with E-state index in [4.69, 9.17) is 0 Å². The number of halogens is 1. The summed E-state index contributed by atoms with van der Waals surface area (Å²) in [4.78, 5) is 0. The Bertz CT molecular complexity index is 764. The summed E-state index contributed by atoms with van der Waals surface area (Å²) < 4.78 is 12.9. The number of H-pyrrole nitrogens is 1. The van der Waals surface area contributed by atoms with E-state index in [0.29, 0.717) is 11.5 Å². The van der Waals surface area contributed by atoms with Crippen LogP contribution in [-0.2, 0) is 6.42 Å². The van der Waals surface area contributed by atoms with Gasteiger partial charge in [0.25, 0.3) is 0 Å². The minimum absolute atomic E-state index is 0.184. The molecule has 2 aromatic heterocycles. The Morgan fingerprint density at radius 3 is 2.52 bits per heavy atom. The van der Waals surface area contributed by atoms with Crippen molar-refractivity contribution in [3.63, 3.8) is 0 Å². The van der Waals surface area contributed by atoms with Crippen LogP contribution in [0.3, 0.4) is 0 Å². The van der Waals surface area contributed by atoms with E-state index in [9.17, 15) is 4.39 Å². The molecule has 2 N–H and O–H groups in total. The molecule has 1 unspecified atom stereocenters. The molecule has 118 valence electrons. The van der Waals surface area contributed by atoms with Crippen molar-refractivity contribution in [3.8, 4) is 11.3 Å². The van der Waals surface area contributed by atoms with Gasteiger partial charge in [-0.2, -0.15) is 5.10 Å². The van der Waals surface area contributed by atoms with Gasteiger partial charge in [-0.15, -0.1) is 10.2 Å². The Morgan fingerprint density at radius 1 is 1.13 bits per heavy atom. The highest BCUT2D eigenvalue weighted by atomic mass is 19.1. The number of rotatable bonds is 5. The zero-order valence-electron chi connectivity index (χ0n) is 13.0. The second-order valence-electron chi connectivity index (χ2n) is 5.60. The predicted octanol–water partition coefficient (Wildman–Crippen LogP) is 3.36. The zero-order chi connectivity index (χ0) is 16.2. The normalized spacial score (nSPS) is 12.1. The minimum Gasteiger partial charge on any atom is -0.366 e. The summed E-state index contributed by atoms with van der Waals surface area (Å²) in [6, 6.07) is 12.2. The van der Waals surface area contributed by atoms with Gasteiger partial charge in [0.2, 0.25) is 0 Å². The molecule has 6 heteroatoms. The number of benzene rings is 1. The number of aromatic amines is 1. The summed E-state index contributed by atoms with van der Waals surface area (Å²) >= 11 is 0. The molecule has 0 spiro atoms. The Morgan fingerprint density at radius 2 is 1.91 bits per heavy atom. The summed E-state index contributed by atoms with van der Waals surface area (Å²) in [5.74, 6) is 0.443. The smallest absolute Gasteiger partial charge is 0.148 e. The number of hydrogen-bond acceptors (Lipinski definition) is 4. The number of aromatic nitrogens is 4. The third-order valence-electron chi connectivity index (χ3n) is 3.47. The van der Waals surface area contributed by atoms with Crippen LogP contribution < -0.4 is 5.32 Å². The summed E-state index contributed by atoms with van der Waals surface area (Å²) in [6.07, 6.45) is 0.797. The van der Waals surface area contributed by atoms with E-state index in [-0.39, 0.29) is 11.9 Å². The van der Waals surface area contributed by atoms with E-state index in [0.717, 1.165) is 23.4 Å². The molecular formula is C17H18FN5. The highest BCUT2D eigenvalue weighted by Crippen LogP contribution is 2.18. The molecule has 23 heavy (non-hydrogen) atoms. The summed E-state index contributed by atoms with van der Waals surface area (Å²) in [5, 5.41) is 18.8. The van der Waals surface area contributed by atoms with Crippen molar-refractivity contribution in [1.29, 1.82) is 0 Å². The molecule has 2 heterocycles. The molecule has 1 aromatic carbocycles. The molecule has 5 nitrogen and oxygen atoms in total. The SMILES string of the molecule is Cc1cc(CC(C)Nc2ccc(-c3ccc(F)cc3)nn2)n[nH]1. The van der Waals surface area contributed by atoms with Gasteiger partial charge in [-0.25, -0.2) is 4.39 Å². The molecule has 0 bridgehead atoms. The molecule has 3 rings (SSSR count). The van der Waals surface area contributed by atoms with Gasteiger partial charge >= 0.3 is 0 Å². The maximum Gasteiger partial charge on any atom is 0.148 e. The van der Waals surface area contributed by atoms with E-state index in [2.05, 4.69) is 32.6 Å². The summed E-state index contributed by atoms with van der Waals surface area (Å²) in [5.41, 5.74) is 3.62. The molecule has 1 atom stereocenters. The van der Waals surface area contributed by atoms with Gasteiger partial charge in [-0.1, -0.05) is 0 Å². The van der Waals surface area contributed by atoms with Gasteiger partial charge in [-0.05, 0) is 56.3 Å². The van der Waals surface area contributed by atoms with Crippen molar-refractivity contribution in [2.45, 2.75) is 26.3 Å². The van der Waals surface area contributed by atoms with Crippen LogP contribution in [0.15, 0.2) is 42.5 Å². The van der Waals surface area contributed by atoms with Crippen LogP contribution in [0.2, 0.25) is 0 Å². The van der Waals surface area contributed by atoms with E-state index < -0.39 is 0 Å². The van der Waals surface area contributed by atoms with Crippen LogP contribution in [0.25, 0.3) is 11.3 Å². The van der Waals surface area contributed by atoms with Gasteiger partial charge in [0.15, 0.2) is 0 Å². The fourth-order valence-corrected chi connectivity index (χ4v) is 2.38. The first-order chi connectivity index (χ1) is 11.1. The average Bonchev–Trinajstić information content (AvgIpc) is 2.94. The Balaban J connectivity index is 1.64. The predicted molar refractivity (Wildman–Crippen MR) is 87.5 cm³/mol. The third kappa shape index (κ3) is 3.91. The van der Waals surface area contributed by atoms with Crippen LogP contribution in [0.5, 0.6) is 0 Å². The third-order valence-corrected chi connectivity index (χ3v) is 3.47. The lowest BCUT2D eigenvalue weighted by atomic mass is 10.1. The molecule has 0 saturated carbocycles. The standard InChI is InChI=1S/C17H18FN5/c1-11(9-15-10-12(2)20-21-15)19-17-8-7-16(22-23-17)13-3-5-14(18)6-4-13/h3-8,10-11H,9H2,1-2H3,(H,19,23)(H,20,21). The Labute approximate surface area is 134 Å². The van der Waals surface area contributed by atoms with Crippen molar-refractivity contribution in [1.82, 2.24) is 20.4 Å². The first-order valence-corrected chi connectivity index (χ1v) is 7.47. The summed E-state index contributed by atoms with van der Waals surface area (Å²) in [6.45, 7) is 4.05. The van der Waals surface area contributed by atoms with Gasteiger partial charge in [-0.3, -0.25) is 5.10 Å². The van der Waals surface area contributed by atoms with Crippen LogP contribution in [0.4, 0.5) is 10.2 Å². The first-order valence-electron chi connectivity index (χ1n) is 7.47. The van der Waals surface area contributed by atoms with Crippen LogP contribution in [-0.4, -0.2) is 26.4 Å². The van der Waals surface area contributed by atoms with Crippen LogP contribution in [0.1, 0.15) is 18.3 Å². The summed E-state index contributed by atoms with van der Waals surface area (Å²) in [7, 11) is 0. The monoisotopic (exact) mass is 311 g/mol. The highest BCUT2D eigenvalue weighted by molar-refractivity contribution is 5.59. The van der Waals surface area contributed by atoms with E-state index in [1.54, 1.807) is 12.1 Å². The molecule has 0 amide bonds. The molecule has 0 fully saturated rings. The van der Waals surface area contributed by atoms with E-state index in [1.807, 2.05) is 25.1 Å². The average molecular weight is 311 g/mol. The molecule has 0 saturated heterocycles. The molecule has 0 aliphatic heterocycles. The lowest BCUT2D eigenvalue weighted by Gasteiger charge is -2.12. The van der Waals surface area contributed by atoms with Gasteiger partial charge in [0.05, 0.1) is 11.4 Å². The lowest BCUT2D eigenvalue weighted by Crippen LogP contribution is -2.19. The fourth-order valence-electron chi connectivity index (χ4n) is 2.38. The second-order valence-corrected chi connectivity index (χ2v) is 5.60. The van der Waals surface area contributed by atoms with Crippen LogP contribution >= 0.6 is 0 Å². The lowest BCUT2D eigenvalue weighted by molar-refractivity contribution is 0.628. The Kier molecular flexibility index (Phi) is 4.32. The van der Waals surface area contributed by atoms with E-state index in [1.165, 1.54) is 12.1 Å². The maximum atomic E-state index is 12.9. The van der Waals surface area contributed by atoms with E-state index >= 15 is 0 Å². The molecule has 3 aromatic rings. The number of nitrogens with zero attached hydrogens (tertiary/aromatic N) is 3. The molecule has 0 radical (unpaired) electrons. The van der Waals surface area contributed by atoms with Crippen molar-refractivity contribution in [2.24, 2.45) is 0 Å². The quantitative estimate of drug-likeness (QED) is 0.758. The first kappa shape index (κ1) is 15.1. The number of anilines is 1. The number of hydrogen-bond donors (Lipinski definition) is 2. The number of aryl methyl sites for hydroxylation is 1.